The Morgan fingerprint density at radius 3 is 1.89 bits per heavy atom. The first-order valence-corrected chi connectivity index (χ1v) is 19.3. The van der Waals surface area contributed by atoms with Crippen LogP contribution in [0.1, 0.15) is 5.56 Å². The number of benzene rings is 8. The second-order valence-corrected chi connectivity index (χ2v) is 14.0. The molecule has 0 spiro atoms. The predicted octanol–water partition coefficient (Wildman–Crippen LogP) is 14.7. The summed E-state index contributed by atoms with van der Waals surface area (Å²) in [5.41, 5.74) is 15.5. The lowest BCUT2D eigenvalue weighted by Gasteiger charge is -2.18. The summed E-state index contributed by atoms with van der Waals surface area (Å²) < 4.78 is 2.41. The molecule has 0 saturated heterocycles. The molecule has 3 heteroatoms. The van der Waals surface area contributed by atoms with Crippen molar-refractivity contribution in [2.24, 2.45) is 0 Å². The molecule has 8 aromatic carbocycles. The number of allylic oxidation sites excluding steroid dienone is 4. The monoisotopic (exact) mass is 731 g/mol. The van der Waals surface area contributed by atoms with E-state index in [2.05, 4.69) is 216 Å². The Morgan fingerprint density at radius 2 is 1.11 bits per heavy atom. The highest BCUT2D eigenvalue weighted by Gasteiger charge is 2.19. The molecule has 0 amide bonds. The highest BCUT2D eigenvalue weighted by molar-refractivity contribution is 6.14. The van der Waals surface area contributed by atoms with Crippen LogP contribution in [0.2, 0.25) is 0 Å². The van der Waals surface area contributed by atoms with Gasteiger partial charge >= 0.3 is 0 Å². The Hall–Kier alpha value is -7.62. The highest BCUT2D eigenvalue weighted by atomic mass is 15.0. The van der Waals surface area contributed by atoms with Crippen LogP contribution >= 0.6 is 0 Å². The number of nitrogens with zero attached hydrogens (tertiary/aromatic N) is 1. The van der Waals surface area contributed by atoms with E-state index < -0.39 is 0 Å². The van der Waals surface area contributed by atoms with Crippen molar-refractivity contribution in [2.75, 3.05) is 10.6 Å². The van der Waals surface area contributed by atoms with Gasteiger partial charge < -0.3 is 15.2 Å². The zero-order valence-electron chi connectivity index (χ0n) is 31.5. The average molecular weight is 732 g/mol. The lowest BCUT2D eigenvalue weighted by Crippen LogP contribution is -2.00. The summed E-state index contributed by atoms with van der Waals surface area (Å²) >= 11 is 0. The maximum absolute atomic E-state index is 3.88. The van der Waals surface area contributed by atoms with E-state index in [0.717, 1.165) is 56.3 Å². The van der Waals surface area contributed by atoms with E-state index >= 15 is 0 Å². The van der Waals surface area contributed by atoms with Crippen LogP contribution in [0.3, 0.4) is 0 Å². The van der Waals surface area contributed by atoms with Crippen LogP contribution in [0.4, 0.5) is 17.1 Å². The number of aromatic nitrogens is 1. The summed E-state index contributed by atoms with van der Waals surface area (Å²) in [6.07, 6.45) is 7.87. The molecule has 0 bridgehead atoms. The molecule has 9 aromatic rings. The smallest absolute Gasteiger partial charge is 0.0620 e. The fraction of sp³-hybridized carbons (Fsp3) is 0. The first-order valence-electron chi connectivity index (χ1n) is 19.3. The summed E-state index contributed by atoms with van der Waals surface area (Å²) in [4.78, 5) is 0. The molecule has 0 unspecified atom stereocenters. The maximum atomic E-state index is 3.88. The van der Waals surface area contributed by atoms with Crippen LogP contribution in [-0.2, 0) is 0 Å². The van der Waals surface area contributed by atoms with Crippen molar-refractivity contribution in [1.82, 2.24) is 4.57 Å². The first kappa shape index (κ1) is 35.1. The molecule has 0 fully saturated rings. The molecular weight excluding hydrogens is 691 g/mol. The van der Waals surface area contributed by atoms with Crippen molar-refractivity contribution in [3.63, 3.8) is 0 Å². The number of fused-ring (bicyclic) bond motifs is 3. The maximum Gasteiger partial charge on any atom is 0.0620 e. The molecule has 1 aromatic heterocycles. The van der Waals surface area contributed by atoms with Gasteiger partial charge in [-0.1, -0.05) is 164 Å². The molecule has 0 aliphatic heterocycles. The van der Waals surface area contributed by atoms with Gasteiger partial charge in [0.15, 0.2) is 0 Å². The molecule has 2 N–H and O–H groups in total. The van der Waals surface area contributed by atoms with Gasteiger partial charge in [0.25, 0.3) is 0 Å². The third-order valence-corrected chi connectivity index (χ3v) is 10.4. The molecule has 0 aliphatic carbocycles. The topological polar surface area (TPSA) is 29.0 Å². The lowest BCUT2D eigenvalue weighted by molar-refractivity contribution is 1.18. The van der Waals surface area contributed by atoms with Crippen LogP contribution in [0.5, 0.6) is 0 Å². The molecule has 0 saturated carbocycles. The number of hydrogen-bond donors (Lipinski definition) is 2. The number of hydrogen-bond acceptors (Lipinski definition) is 2. The van der Waals surface area contributed by atoms with E-state index in [1.165, 1.54) is 32.9 Å². The summed E-state index contributed by atoms with van der Waals surface area (Å²) in [6, 6.07) is 71.1. The van der Waals surface area contributed by atoms with E-state index in [9.17, 15) is 0 Å². The van der Waals surface area contributed by atoms with Gasteiger partial charge in [0, 0.05) is 50.3 Å². The Kier molecular flexibility index (Phi) is 9.86. The zero-order chi connectivity index (χ0) is 38.4. The van der Waals surface area contributed by atoms with Crippen molar-refractivity contribution in [1.29, 1.82) is 0 Å². The number of anilines is 3. The number of nitrogens with one attached hydrogen (secondary N) is 2. The van der Waals surface area contributed by atoms with Gasteiger partial charge in [-0.2, -0.15) is 0 Å². The lowest BCUT2D eigenvalue weighted by atomic mass is 9.94. The normalized spacial score (nSPS) is 11.6. The van der Waals surface area contributed by atoms with E-state index in [1.54, 1.807) is 6.08 Å². The van der Waals surface area contributed by atoms with E-state index in [-0.39, 0.29) is 0 Å². The molecule has 1 heterocycles. The Balaban J connectivity index is 1.16. The van der Waals surface area contributed by atoms with Crippen molar-refractivity contribution in [2.45, 2.75) is 0 Å². The highest BCUT2D eigenvalue weighted by Crippen LogP contribution is 2.42. The quantitative estimate of drug-likeness (QED) is 0.130. The van der Waals surface area contributed by atoms with E-state index in [1.807, 2.05) is 24.3 Å². The third-order valence-electron chi connectivity index (χ3n) is 10.4. The van der Waals surface area contributed by atoms with Gasteiger partial charge in [-0.3, -0.25) is 0 Å². The standard InChI is InChI=1S/C54H41N3/c1-2-3-7-29-51(55-45-34-31-40(32-35-45)39-18-8-4-9-19-39)43-21-16-20-41(37-43)42-33-36-52(56-44-22-10-5-11-23-44)50(38-42)49-28-17-27-48-47-26-14-15-30-53(47)57(54(48)49)46-24-12-6-13-25-46/h2-38,55-56H,1H2/b7-3-,51-29-. The SMILES string of the molecule is C=C/C=C\C=C(/Nc1ccc(-c2ccccc2)cc1)c1cccc(-c2ccc(Nc3ccccc3)c(-c3cccc4c5ccccc5n(-c5ccccc5)c34)c2)c1. The molecule has 3 nitrogen and oxygen atoms in total. The fourth-order valence-corrected chi connectivity index (χ4v) is 7.65. The minimum Gasteiger partial charge on any atom is -0.355 e. The van der Waals surface area contributed by atoms with Gasteiger partial charge in [-0.15, -0.1) is 0 Å². The van der Waals surface area contributed by atoms with Gasteiger partial charge in [-0.25, -0.2) is 0 Å². The van der Waals surface area contributed by atoms with Crippen LogP contribution in [0.25, 0.3) is 66.6 Å². The molecule has 57 heavy (non-hydrogen) atoms. The van der Waals surface area contributed by atoms with Gasteiger partial charge in [0.2, 0.25) is 0 Å². The summed E-state index contributed by atoms with van der Waals surface area (Å²) in [5.74, 6) is 0. The molecule has 0 aliphatic rings. The zero-order valence-corrected chi connectivity index (χ0v) is 31.5. The van der Waals surface area contributed by atoms with Crippen LogP contribution in [0, 0.1) is 0 Å². The first-order chi connectivity index (χ1) is 28.2. The molecule has 272 valence electrons. The Morgan fingerprint density at radius 1 is 0.474 bits per heavy atom. The Labute approximate surface area is 334 Å². The molecular formula is C54H41N3. The van der Waals surface area contributed by atoms with Gasteiger partial charge in [0.05, 0.1) is 11.0 Å². The van der Waals surface area contributed by atoms with Crippen molar-refractivity contribution in [3.05, 3.63) is 237 Å². The van der Waals surface area contributed by atoms with Crippen LogP contribution in [-0.4, -0.2) is 4.57 Å². The minimum atomic E-state index is 0.988. The van der Waals surface area contributed by atoms with Gasteiger partial charge in [-0.05, 0) is 94.6 Å². The fourth-order valence-electron chi connectivity index (χ4n) is 7.65. The summed E-state index contributed by atoms with van der Waals surface area (Å²) in [5, 5.41) is 9.91. The summed E-state index contributed by atoms with van der Waals surface area (Å²) in [6.45, 7) is 3.88. The van der Waals surface area contributed by atoms with Crippen molar-refractivity contribution >= 4 is 44.6 Å². The second kappa shape index (κ2) is 16.0. The van der Waals surface area contributed by atoms with Crippen molar-refractivity contribution in [3.8, 4) is 39.1 Å². The predicted molar refractivity (Wildman–Crippen MR) is 244 cm³/mol. The average Bonchev–Trinajstić information content (AvgIpc) is 3.62. The minimum absolute atomic E-state index is 0.988. The molecule has 0 atom stereocenters. The van der Waals surface area contributed by atoms with E-state index in [0.29, 0.717) is 0 Å². The summed E-state index contributed by atoms with van der Waals surface area (Å²) in [7, 11) is 0. The van der Waals surface area contributed by atoms with Crippen LogP contribution < -0.4 is 10.6 Å². The van der Waals surface area contributed by atoms with E-state index in [4.69, 9.17) is 0 Å². The number of rotatable bonds is 11. The van der Waals surface area contributed by atoms with Crippen LogP contribution in [0.15, 0.2) is 231 Å². The second-order valence-electron chi connectivity index (χ2n) is 14.0. The van der Waals surface area contributed by atoms with Crippen molar-refractivity contribution < 1.29 is 0 Å². The number of para-hydroxylation sites is 4. The van der Waals surface area contributed by atoms with Gasteiger partial charge in [0.1, 0.15) is 0 Å². The molecule has 9 rings (SSSR count). The largest absolute Gasteiger partial charge is 0.355 e. The Bertz CT molecular complexity index is 2880. The molecule has 0 radical (unpaired) electrons. The third kappa shape index (κ3) is 7.30.